The standard InChI is InChI=1S/C8H18O4/c1-7(6-12-5-4-9)8(10-2)11-3/h7-9H,4-6H2,1-3H3. The van der Waals surface area contributed by atoms with E-state index in [0.717, 1.165) is 0 Å². The molecule has 12 heavy (non-hydrogen) atoms. The van der Waals surface area contributed by atoms with Gasteiger partial charge >= 0.3 is 0 Å². The van der Waals surface area contributed by atoms with Crippen LogP contribution < -0.4 is 0 Å². The summed E-state index contributed by atoms with van der Waals surface area (Å²) < 4.78 is 15.2. The van der Waals surface area contributed by atoms with Gasteiger partial charge in [-0.1, -0.05) is 6.92 Å². The van der Waals surface area contributed by atoms with Crippen LogP contribution in [-0.2, 0) is 14.2 Å². The van der Waals surface area contributed by atoms with Crippen LogP contribution in [0.3, 0.4) is 0 Å². The summed E-state index contributed by atoms with van der Waals surface area (Å²) in [5.41, 5.74) is 0. The smallest absolute Gasteiger partial charge is 0.161 e. The molecule has 4 nitrogen and oxygen atoms in total. The van der Waals surface area contributed by atoms with Crippen LogP contribution >= 0.6 is 0 Å². The molecule has 0 aliphatic rings. The number of ether oxygens (including phenoxy) is 3. The molecule has 0 aliphatic heterocycles. The Morgan fingerprint density at radius 3 is 2.25 bits per heavy atom. The number of hydrogen-bond donors (Lipinski definition) is 1. The van der Waals surface area contributed by atoms with Crippen molar-refractivity contribution in [1.82, 2.24) is 0 Å². The third kappa shape index (κ3) is 4.66. The zero-order valence-corrected chi connectivity index (χ0v) is 7.95. The van der Waals surface area contributed by atoms with E-state index in [1.54, 1.807) is 14.2 Å². The van der Waals surface area contributed by atoms with Crippen molar-refractivity contribution in [2.24, 2.45) is 5.92 Å². The van der Waals surface area contributed by atoms with Gasteiger partial charge in [-0.05, 0) is 0 Å². The van der Waals surface area contributed by atoms with E-state index >= 15 is 0 Å². The monoisotopic (exact) mass is 178 g/mol. The lowest BCUT2D eigenvalue weighted by molar-refractivity contribution is -0.146. The van der Waals surface area contributed by atoms with Crippen molar-refractivity contribution in [2.75, 3.05) is 34.0 Å². The first-order valence-corrected chi connectivity index (χ1v) is 4.00. The number of aliphatic hydroxyl groups is 1. The maximum Gasteiger partial charge on any atom is 0.161 e. The molecule has 0 amide bonds. The van der Waals surface area contributed by atoms with Crippen molar-refractivity contribution in [3.63, 3.8) is 0 Å². The summed E-state index contributed by atoms with van der Waals surface area (Å²) >= 11 is 0. The minimum Gasteiger partial charge on any atom is -0.394 e. The van der Waals surface area contributed by atoms with E-state index in [0.29, 0.717) is 13.2 Å². The van der Waals surface area contributed by atoms with E-state index in [-0.39, 0.29) is 18.8 Å². The molecular formula is C8H18O4. The largest absolute Gasteiger partial charge is 0.394 e. The van der Waals surface area contributed by atoms with Crippen molar-refractivity contribution in [1.29, 1.82) is 0 Å². The highest BCUT2D eigenvalue weighted by Gasteiger charge is 2.15. The molecule has 0 aromatic heterocycles. The van der Waals surface area contributed by atoms with E-state index in [1.165, 1.54) is 0 Å². The molecule has 1 unspecified atom stereocenters. The zero-order chi connectivity index (χ0) is 9.40. The summed E-state index contributed by atoms with van der Waals surface area (Å²) in [5, 5.41) is 8.44. The van der Waals surface area contributed by atoms with Gasteiger partial charge in [0.1, 0.15) is 0 Å². The van der Waals surface area contributed by atoms with Crippen LogP contribution in [0.25, 0.3) is 0 Å². The highest BCUT2D eigenvalue weighted by atomic mass is 16.7. The topological polar surface area (TPSA) is 47.9 Å². The summed E-state index contributed by atoms with van der Waals surface area (Å²) in [6.07, 6.45) is -0.233. The van der Waals surface area contributed by atoms with Crippen molar-refractivity contribution in [2.45, 2.75) is 13.2 Å². The lowest BCUT2D eigenvalue weighted by Gasteiger charge is -2.20. The van der Waals surface area contributed by atoms with Gasteiger partial charge < -0.3 is 19.3 Å². The van der Waals surface area contributed by atoms with Crippen molar-refractivity contribution in [3.8, 4) is 0 Å². The maximum absolute atomic E-state index is 8.44. The fraction of sp³-hybridized carbons (Fsp3) is 1.00. The third-order valence-corrected chi connectivity index (χ3v) is 1.55. The second-order valence-electron chi connectivity index (χ2n) is 2.62. The van der Waals surface area contributed by atoms with Crippen LogP contribution in [0.5, 0.6) is 0 Å². The Kier molecular flexibility index (Phi) is 7.39. The Hall–Kier alpha value is -0.160. The van der Waals surface area contributed by atoms with Crippen LogP contribution in [-0.4, -0.2) is 45.4 Å². The minimum absolute atomic E-state index is 0.0529. The van der Waals surface area contributed by atoms with E-state index in [2.05, 4.69) is 0 Å². The first kappa shape index (κ1) is 11.8. The van der Waals surface area contributed by atoms with E-state index in [1.807, 2.05) is 6.92 Å². The van der Waals surface area contributed by atoms with Crippen LogP contribution in [0.1, 0.15) is 6.92 Å². The molecule has 0 rings (SSSR count). The summed E-state index contributed by atoms with van der Waals surface area (Å²) in [6, 6.07) is 0. The molecule has 0 aromatic carbocycles. The van der Waals surface area contributed by atoms with Gasteiger partial charge in [0, 0.05) is 20.1 Å². The highest BCUT2D eigenvalue weighted by molar-refractivity contribution is 4.54. The van der Waals surface area contributed by atoms with Crippen LogP contribution in [0.2, 0.25) is 0 Å². The Morgan fingerprint density at radius 2 is 1.83 bits per heavy atom. The molecule has 0 radical (unpaired) electrons. The molecule has 0 saturated heterocycles. The lowest BCUT2D eigenvalue weighted by atomic mass is 10.2. The Labute approximate surface area is 73.4 Å². The summed E-state index contributed by atoms with van der Waals surface area (Å²) in [6.45, 7) is 2.92. The third-order valence-electron chi connectivity index (χ3n) is 1.55. The van der Waals surface area contributed by atoms with E-state index < -0.39 is 0 Å². The fourth-order valence-electron chi connectivity index (χ4n) is 0.973. The molecular weight excluding hydrogens is 160 g/mol. The Balaban J connectivity index is 3.47. The van der Waals surface area contributed by atoms with Crippen LogP contribution in [0.4, 0.5) is 0 Å². The SMILES string of the molecule is COC(OC)C(C)COCCO. The van der Waals surface area contributed by atoms with Crippen molar-refractivity contribution in [3.05, 3.63) is 0 Å². The predicted octanol–water partition coefficient (Wildman–Crippen LogP) is 0.250. The number of aliphatic hydroxyl groups excluding tert-OH is 1. The molecule has 0 spiro atoms. The quantitative estimate of drug-likeness (QED) is 0.448. The van der Waals surface area contributed by atoms with E-state index in [9.17, 15) is 0 Å². The first-order valence-electron chi connectivity index (χ1n) is 4.00. The lowest BCUT2D eigenvalue weighted by Crippen LogP contribution is -2.26. The molecule has 0 aliphatic carbocycles. The summed E-state index contributed by atoms with van der Waals surface area (Å²) in [4.78, 5) is 0. The first-order chi connectivity index (χ1) is 5.76. The van der Waals surface area contributed by atoms with Gasteiger partial charge in [-0.3, -0.25) is 0 Å². The molecule has 4 heteroatoms. The average molecular weight is 178 g/mol. The molecule has 74 valence electrons. The van der Waals surface area contributed by atoms with Gasteiger partial charge in [0.05, 0.1) is 19.8 Å². The summed E-state index contributed by atoms with van der Waals surface area (Å²) in [7, 11) is 3.19. The molecule has 1 N–H and O–H groups in total. The molecule has 0 fully saturated rings. The molecule has 0 saturated carbocycles. The Bertz CT molecular complexity index is 93.1. The number of rotatable bonds is 7. The zero-order valence-electron chi connectivity index (χ0n) is 7.95. The highest BCUT2D eigenvalue weighted by Crippen LogP contribution is 2.07. The van der Waals surface area contributed by atoms with Gasteiger partial charge in [0.2, 0.25) is 0 Å². The van der Waals surface area contributed by atoms with Gasteiger partial charge in [-0.2, -0.15) is 0 Å². The van der Waals surface area contributed by atoms with Gasteiger partial charge in [-0.15, -0.1) is 0 Å². The normalized spacial score (nSPS) is 13.8. The maximum atomic E-state index is 8.44. The second kappa shape index (κ2) is 7.49. The summed E-state index contributed by atoms with van der Waals surface area (Å²) in [5.74, 6) is 0.173. The van der Waals surface area contributed by atoms with Crippen LogP contribution in [0, 0.1) is 5.92 Å². The molecule has 0 aromatic rings. The van der Waals surface area contributed by atoms with Gasteiger partial charge in [-0.25, -0.2) is 0 Å². The minimum atomic E-state index is -0.233. The number of methoxy groups -OCH3 is 2. The van der Waals surface area contributed by atoms with Crippen LogP contribution in [0.15, 0.2) is 0 Å². The van der Waals surface area contributed by atoms with Crippen molar-refractivity contribution < 1.29 is 19.3 Å². The van der Waals surface area contributed by atoms with Gasteiger partial charge in [0.25, 0.3) is 0 Å². The number of hydrogen-bond acceptors (Lipinski definition) is 4. The average Bonchev–Trinajstić information content (AvgIpc) is 2.07. The van der Waals surface area contributed by atoms with E-state index in [4.69, 9.17) is 19.3 Å². The van der Waals surface area contributed by atoms with Crippen molar-refractivity contribution >= 4 is 0 Å². The van der Waals surface area contributed by atoms with Gasteiger partial charge in [0.15, 0.2) is 6.29 Å². The second-order valence-corrected chi connectivity index (χ2v) is 2.62. The molecule has 1 atom stereocenters. The molecule has 0 bridgehead atoms. The Morgan fingerprint density at radius 1 is 1.25 bits per heavy atom. The fourth-order valence-corrected chi connectivity index (χ4v) is 0.973. The molecule has 0 heterocycles. The predicted molar refractivity (Wildman–Crippen MR) is 44.9 cm³/mol.